The van der Waals surface area contributed by atoms with Gasteiger partial charge >= 0.3 is 6.09 Å². The lowest BCUT2D eigenvalue weighted by molar-refractivity contribution is 0.000434. The van der Waals surface area contributed by atoms with Crippen molar-refractivity contribution in [1.82, 2.24) is 20.0 Å². The lowest BCUT2D eigenvalue weighted by atomic mass is 10.1. The zero-order valence-corrected chi connectivity index (χ0v) is 30.1. The summed E-state index contributed by atoms with van der Waals surface area (Å²) in [6.45, 7) is 22.0. The number of amides is 1. The first-order valence-electron chi connectivity index (χ1n) is 17.8. The zero-order chi connectivity index (χ0) is 35.0. The molecule has 0 bridgehead atoms. The fourth-order valence-corrected chi connectivity index (χ4v) is 6.77. The molecule has 1 N–H and O–H groups in total. The van der Waals surface area contributed by atoms with Crippen LogP contribution in [0.3, 0.4) is 0 Å². The minimum Gasteiger partial charge on any atom is -0.444 e. The summed E-state index contributed by atoms with van der Waals surface area (Å²) in [5.74, 6) is -0.267. The van der Waals surface area contributed by atoms with Crippen molar-refractivity contribution in [3.63, 3.8) is 0 Å². The highest BCUT2D eigenvalue weighted by Crippen LogP contribution is 2.24. The summed E-state index contributed by atoms with van der Waals surface area (Å²) in [5, 5.41) is 3.41. The van der Waals surface area contributed by atoms with Crippen molar-refractivity contribution in [3.05, 3.63) is 59.2 Å². The highest BCUT2D eigenvalue weighted by Gasteiger charge is 2.31. The molecule has 0 aromatic heterocycles. The van der Waals surface area contributed by atoms with E-state index in [1.807, 2.05) is 52.0 Å². The smallest absolute Gasteiger partial charge is 0.410 e. The molecule has 0 radical (unpaired) electrons. The number of hydrogen-bond acceptors (Lipinski definition) is 9. The Hall–Kier alpha value is -3.03. The van der Waals surface area contributed by atoms with Gasteiger partial charge in [-0.15, -0.1) is 0 Å². The Morgan fingerprint density at radius 3 is 1.73 bits per heavy atom. The molecule has 272 valence electrons. The first-order chi connectivity index (χ1) is 23.4. The summed E-state index contributed by atoms with van der Waals surface area (Å²) < 4.78 is 45.2. The van der Waals surface area contributed by atoms with Crippen LogP contribution in [0.4, 0.5) is 25.0 Å². The van der Waals surface area contributed by atoms with Gasteiger partial charge in [-0.1, -0.05) is 12.1 Å². The van der Waals surface area contributed by atoms with Gasteiger partial charge in [-0.25, -0.2) is 13.6 Å². The second-order valence-corrected chi connectivity index (χ2v) is 14.6. The number of hydrogen-bond donors (Lipinski definition) is 1. The van der Waals surface area contributed by atoms with Crippen molar-refractivity contribution < 1.29 is 27.8 Å². The fraction of sp³-hybridized carbons (Fsp3) is 0.649. The van der Waals surface area contributed by atoms with Crippen LogP contribution in [0.15, 0.2) is 36.4 Å². The third-order valence-corrected chi connectivity index (χ3v) is 9.41. The van der Waals surface area contributed by atoms with E-state index in [4.69, 9.17) is 14.2 Å². The fourth-order valence-electron chi connectivity index (χ4n) is 6.77. The molecule has 0 saturated carbocycles. The average Bonchev–Trinajstić information content (AvgIpc) is 3.07. The number of carbonyl (C=O) groups is 1. The minimum absolute atomic E-state index is 0.0271. The van der Waals surface area contributed by atoms with E-state index in [9.17, 15) is 13.6 Å². The summed E-state index contributed by atoms with van der Waals surface area (Å²) >= 11 is 0. The molecule has 0 spiro atoms. The topological polar surface area (TPSA) is 73.0 Å². The molecule has 0 unspecified atom stereocenters. The number of piperazine rings is 2. The number of rotatable bonds is 6. The molecule has 6 rings (SSSR count). The van der Waals surface area contributed by atoms with Gasteiger partial charge in [0, 0.05) is 113 Å². The molecular formula is C37H56F2N6O4. The Balaban J connectivity index is 0.000000199. The molecule has 0 aliphatic carbocycles. The summed E-state index contributed by atoms with van der Waals surface area (Å²) in [6.07, 6.45) is -0.277. The Bertz CT molecular complexity index is 1360. The van der Waals surface area contributed by atoms with Crippen LogP contribution in [0.1, 0.15) is 45.7 Å². The van der Waals surface area contributed by atoms with Gasteiger partial charge in [-0.3, -0.25) is 9.80 Å². The van der Waals surface area contributed by atoms with Crippen molar-refractivity contribution in [3.8, 4) is 0 Å². The summed E-state index contributed by atoms with van der Waals surface area (Å²) in [7, 11) is 0. The van der Waals surface area contributed by atoms with E-state index < -0.39 is 5.60 Å². The average molecular weight is 687 g/mol. The van der Waals surface area contributed by atoms with Gasteiger partial charge < -0.3 is 34.2 Å². The molecule has 4 saturated heterocycles. The molecule has 1 amide bonds. The monoisotopic (exact) mass is 686 g/mol. The van der Waals surface area contributed by atoms with Gasteiger partial charge in [-0.2, -0.15) is 0 Å². The Morgan fingerprint density at radius 1 is 0.776 bits per heavy atom. The van der Waals surface area contributed by atoms with E-state index in [2.05, 4.69) is 31.8 Å². The van der Waals surface area contributed by atoms with Crippen LogP contribution in [0.25, 0.3) is 0 Å². The van der Waals surface area contributed by atoms with Crippen LogP contribution in [0.5, 0.6) is 0 Å². The highest BCUT2D eigenvalue weighted by atomic mass is 19.1. The van der Waals surface area contributed by atoms with Crippen LogP contribution in [0.2, 0.25) is 0 Å². The van der Waals surface area contributed by atoms with Gasteiger partial charge in [0.1, 0.15) is 17.2 Å². The third kappa shape index (κ3) is 11.0. The first kappa shape index (κ1) is 37.2. The van der Waals surface area contributed by atoms with E-state index in [-0.39, 0.29) is 23.8 Å². The van der Waals surface area contributed by atoms with E-state index >= 15 is 0 Å². The molecule has 12 heteroatoms. The second-order valence-electron chi connectivity index (χ2n) is 14.6. The minimum atomic E-state index is -0.501. The van der Waals surface area contributed by atoms with E-state index in [0.717, 1.165) is 76.0 Å². The number of morpholine rings is 2. The highest BCUT2D eigenvalue weighted by molar-refractivity contribution is 5.68. The van der Waals surface area contributed by atoms with E-state index in [1.165, 1.54) is 0 Å². The van der Waals surface area contributed by atoms with Crippen molar-refractivity contribution >= 4 is 17.5 Å². The Morgan fingerprint density at radius 2 is 1.29 bits per heavy atom. The molecule has 4 aliphatic rings. The van der Waals surface area contributed by atoms with Gasteiger partial charge in [0.2, 0.25) is 0 Å². The van der Waals surface area contributed by atoms with Crippen molar-refractivity contribution in [2.45, 2.75) is 65.4 Å². The molecule has 2 aromatic rings. The van der Waals surface area contributed by atoms with Crippen LogP contribution in [-0.4, -0.2) is 130 Å². The number of halogens is 2. The van der Waals surface area contributed by atoms with Gasteiger partial charge in [0.25, 0.3) is 0 Å². The van der Waals surface area contributed by atoms with E-state index in [0.29, 0.717) is 57.5 Å². The normalized spacial score (nSPS) is 22.8. The summed E-state index contributed by atoms with van der Waals surface area (Å²) in [6, 6.07) is 11.7. The van der Waals surface area contributed by atoms with E-state index in [1.54, 1.807) is 17.0 Å². The lowest BCUT2D eigenvalue weighted by Gasteiger charge is -2.40. The molecule has 4 aliphatic heterocycles. The Labute approximate surface area is 291 Å². The molecule has 2 aromatic carbocycles. The van der Waals surface area contributed by atoms with Gasteiger partial charge in [0.05, 0.1) is 26.4 Å². The predicted octanol–water partition coefficient (Wildman–Crippen LogP) is 4.56. The molecule has 2 atom stereocenters. The van der Waals surface area contributed by atoms with Crippen molar-refractivity contribution in [2.24, 2.45) is 0 Å². The number of benzene rings is 2. The zero-order valence-electron chi connectivity index (χ0n) is 30.1. The SMILES string of the molecule is C[C@@H]1CN(Cc2ccc(N3CCOCC3)cc2F)CCN1.C[C@@H]1CN(Cc2ccc(N3CCOCC3)cc2F)CCN1C(=O)OC(C)(C)C. The van der Waals surface area contributed by atoms with Gasteiger partial charge in [-0.05, 0) is 58.9 Å². The standard InChI is InChI=1S/C21H32FN3O3.C16H24FN3O/c1-16-14-23(7-8-25(16)20(26)28-21(2,3)4)15-17-5-6-18(13-19(17)22)24-9-11-27-12-10-24;1-13-11-19(5-4-18-13)12-14-2-3-15(10-16(14)17)20-6-8-21-9-7-20/h5-6,13,16H,7-12,14-15H2,1-4H3;2-3,10,13,18H,4-9,11-12H2,1H3/t16-;13-/m11/s1. The maximum atomic E-state index is 14.7. The molecule has 10 nitrogen and oxygen atoms in total. The maximum Gasteiger partial charge on any atom is 0.410 e. The summed E-state index contributed by atoms with van der Waals surface area (Å²) in [4.78, 5) is 22.9. The van der Waals surface area contributed by atoms with Crippen molar-refractivity contribution in [1.29, 1.82) is 0 Å². The number of carbonyl (C=O) groups excluding carboxylic acids is 1. The molecule has 4 fully saturated rings. The quantitative estimate of drug-likeness (QED) is 0.471. The lowest BCUT2D eigenvalue weighted by Crippen LogP contribution is -2.54. The number of nitrogens with one attached hydrogen (secondary N) is 1. The largest absolute Gasteiger partial charge is 0.444 e. The third-order valence-electron chi connectivity index (χ3n) is 9.41. The number of anilines is 2. The molecule has 49 heavy (non-hydrogen) atoms. The number of ether oxygens (including phenoxy) is 3. The predicted molar refractivity (Wildman–Crippen MR) is 189 cm³/mol. The van der Waals surface area contributed by atoms with Crippen LogP contribution in [0, 0.1) is 11.6 Å². The second kappa shape index (κ2) is 17.3. The number of nitrogens with zero attached hydrogens (tertiary/aromatic N) is 5. The Kier molecular flexibility index (Phi) is 13.1. The maximum absolute atomic E-state index is 14.7. The first-order valence-corrected chi connectivity index (χ1v) is 17.8. The van der Waals surface area contributed by atoms with Crippen LogP contribution >= 0.6 is 0 Å². The van der Waals surface area contributed by atoms with Crippen LogP contribution in [-0.2, 0) is 27.3 Å². The molecule has 4 heterocycles. The van der Waals surface area contributed by atoms with Gasteiger partial charge in [0.15, 0.2) is 0 Å². The van der Waals surface area contributed by atoms with Crippen molar-refractivity contribution in [2.75, 3.05) is 102 Å². The van der Waals surface area contributed by atoms with Crippen LogP contribution < -0.4 is 15.1 Å². The summed E-state index contributed by atoms with van der Waals surface area (Å²) in [5.41, 5.74) is 2.86. The molecular weight excluding hydrogens is 630 g/mol.